The molecule has 0 aliphatic carbocycles. The van der Waals surface area contributed by atoms with Crippen LogP contribution in [0.15, 0.2) is 41.2 Å². The number of halogens is 1. The molecule has 32 heavy (non-hydrogen) atoms. The molecule has 2 aromatic carbocycles. The lowest BCUT2D eigenvalue weighted by molar-refractivity contribution is -0.387. The minimum atomic E-state index is -1.25. The van der Waals surface area contributed by atoms with Crippen LogP contribution in [-0.2, 0) is 16.1 Å². The van der Waals surface area contributed by atoms with Crippen molar-refractivity contribution < 1.29 is 23.6 Å². The van der Waals surface area contributed by atoms with Crippen molar-refractivity contribution in [2.45, 2.75) is 33.4 Å². The maximum absolute atomic E-state index is 13.4. The van der Waals surface area contributed by atoms with E-state index in [0.717, 1.165) is 18.2 Å². The summed E-state index contributed by atoms with van der Waals surface area (Å²) in [6.45, 7) is 5.15. The van der Waals surface area contributed by atoms with Gasteiger partial charge in [0.1, 0.15) is 5.69 Å². The van der Waals surface area contributed by atoms with Crippen molar-refractivity contribution in [3.63, 3.8) is 0 Å². The molecule has 0 radical (unpaired) electrons. The minimum Gasteiger partial charge on any atom is -0.449 e. The molecule has 3 rings (SSSR count). The number of nitro benzene ring substituents is 1. The van der Waals surface area contributed by atoms with Gasteiger partial charge in [0.25, 0.3) is 11.5 Å². The number of anilines is 1. The number of carbonyl (C=O) groups is 2. The third-order valence-corrected chi connectivity index (χ3v) is 4.72. The number of benzene rings is 2. The fourth-order valence-corrected chi connectivity index (χ4v) is 3.07. The molecule has 0 spiro atoms. The SMILES string of the molecule is CCn1c(=O)c(C)nc2cc(C(=O)OC(C)C(=O)Nc3ccc(F)c([N+](=O)[O-])c3)ccc21. The Bertz CT molecular complexity index is 1300. The number of rotatable bonds is 6. The zero-order chi connectivity index (χ0) is 23.6. The number of carbonyl (C=O) groups excluding carboxylic acids is 2. The van der Waals surface area contributed by atoms with Gasteiger partial charge >= 0.3 is 11.7 Å². The lowest BCUT2D eigenvalue weighted by atomic mass is 10.2. The van der Waals surface area contributed by atoms with E-state index in [4.69, 9.17) is 4.74 Å². The summed E-state index contributed by atoms with van der Waals surface area (Å²) in [6, 6.07) is 7.37. The van der Waals surface area contributed by atoms with Gasteiger partial charge in [-0.15, -0.1) is 0 Å². The van der Waals surface area contributed by atoms with E-state index >= 15 is 0 Å². The molecule has 0 saturated heterocycles. The number of ether oxygens (including phenoxy) is 1. The average Bonchev–Trinajstić information content (AvgIpc) is 2.75. The number of aromatic nitrogens is 2. The molecule has 11 heteroatoms. The second-order valence-electron chi connectivity index (χ2n) is 6.91. The molecule has 1 heterocycles. The molecule has 1 amide bonds. The first-order valence-electron chi connectivity index (χ1n) is 9.59. The smallest absolute Gasteiger partial charge is 0.338 e. The van der Waals surface area contributed by atoms with Gasteiger partial charge in [-0.2, -0.15) is 4.39 Å². The van der Waals surface area contributed by atoms with Gasteiger partial charge in [0.05, 0.1) is 21.5 Å². The molecule has 1 atom stereocenters. The third kappa shape index (κ3) is 4.46. The van der Waals surface area contributed by atoms with E-state index in [0.29, 0.717) is 17.6 Å². The predicted octanol–water partition coefficient (Wildman–Crippen LogP) is 2.96. The Labute approximate surface area is 180 Å². The highest BCUT2D eigenvalue weighted by Crippen LogP contribution is 2.22. The van der Waals surface area contributed by atoms with Crippen molar-refractivity contribution in [1.82, 2.24) is 9.55 Å². The quantitative estimate of drug-likeness (QED) is 0.352. The lowest BCUT2D eigenvalue weighted by Crippen LogP contribution is -2.30. The second-order valence-corrected chi connectivity index (χ2v) is 6.91. The van der Waals surface area contributed by atoms with Crippen LogP contribution in [0.25, 0.3) is 11.0 Å². The van der Waals surface area contributed by atoms with Crippen molar-refractivity contribution in [3.8, 4) is 0 Å². The summed E-state index contributed by atoms with van der Waals surface area (Å²) < 4.78 is 20.1. The van der Waals surface area contributed by atoms with Crippen molar-refractivity contribution in [1.29, 1.82) is 0 Å². The molecule has 0 fully saturated rings. The van der Waals surface area contributed by atoms with Gasteiger partial charge in [0.2, 0.25) is 5.82 Å². The normalized spacial score (nSPS) is 11.8. The molecular formula is C21H19FN4O6. The number of esters is 1. The molecule has 3 aromatic rings. The zero-order valence-electron chi connectivity index (χ0n) is 17.4. The fraction of sp³-hybridized carbons (Fsp3) is 0.238. The van der Waals surface area contributed by atoms with Gasteiger partial charge in [0, 0.05) is 18.3 Å². The van der Waals surface area contributed by atoms with Gasteiger partial charge in [0.15, 0.2) is 6.10 Å². The molecule has 1 unspecified atom stereocenters. The highest BCUT2D eigenvalue weighted by atomic mass is 19.1. The van der Waals surface area contributed by atoms with Crippen molar-refractivity contribution in [3.05, 3.63) is 73.9 Å². The Kier molecular flexibility index (Phi) is 6.28. The van der Waals surface area contributed by atoms with Crippen LogP contribution in [0.4, 0.5) is 15.8 Å². The highest BCUT2D eigenvalue weighted by Gasteiger charge is 2.22. The van der Waals surface area contributed by atoms with Crippen LogP contribution in [0.2, 0.25) is 0 Å². The number of nitro groups is 1. The molecule has 10 nitrogen and oxygen atoms in total. The monoisotopic (exact) mass is 442 g/mol. The zero-order valence-corrected chi connectivity index (χ0v) is 17.4. The number of nitrogens with one attached hydrogen (secondary N) is 1. The summed E-state index contributed by atoms with van der Waals surface area (Å²) in [5.41, 5.74) is 0.360. The summed E-state index contributed by atoms with van der Waals surface area (Å²) in [5.74, 6) is -2.59. The summed E-state index contributed by atoms with van der Waals surface area (Å²) in [4.78, 5) is 51.2. The lowest BCUT2D eigenvalue weighted by Gasteiger charge is -2.14. The van der Waals surface area contributed by atoms with Crippen LogP contribution >= 0.6 is 0 Å². The second kappa shape index (κ2) is 8.92. The molecule has 0 bridgehead atoms. The molecule has 0 saturated carbocycles. The van der Waals surface area contributed by atoms with Gasteiger partial charge in [-0.1, -0.05) is 0 Å². The van der Waals surface area contributed by atoms with E-state index in [1.807, 2.05) is 6.92 Å². The molecule has 1 N–H and O–H groups in total. The molecule has 0 aliphatic rings. The topological polar surface area (TPSA) is 133 Å². The van der Waals surface area contributed by atoms with E-state index < -0.39 is 34.4 Å². The summed E-state index contributed by atoms with van der Waals surface area (Å²) in [7, 11) is 0. The highest BCUT2D eigenvalue weighted by molar-refractivity contribution is 5.98. The molecular weight excluding hydrogens is 423 g/mol. The molecule has 166 valence electrons. The largest absolute Gasteiger partial charge is 0.449 e. The first kappa shape index (κ1) is 22.5. The maximum atomic E-state index is 13.4. The van der Waals surface area contributed by atoms with Crippen LogP contribution in [0.3, 0.4) is 0 Å². The standard InChI is InChI=1S/C21H19FN4O6/c1-4-25-17-8-5-13(9-16(17)23-11(2)20(25)28)21(29)32-12(3)19(27)24-14-6-7-15(22)18(10-14)26(30)31/h5-10,12H,4H2,1-3H3,(H,24,27). The maximum Gasteiger partial charge on any atom is 0.338 e. The minimum absolute atomic E-state index is 0.0195. The summed E-state index contributed by atoms with van der Waals surface area (Å²) in [6.07, 6.45) is -1.25. The third-order valence-electron chi connectivity index (χ3n) is 4.72. The number of fused-ring (bicyclic) bond motifs is 1. The summed E-state index contributed by atoms with van der Waals surface area (Å²) in [5, 5.41) is 13.2. The van der Waals surface area contributed by atoms with E-state index in [9.17, 15) is 28.9 Å². The Hall–Kier alpha value is -4.15. The Morgan fingerprint density at radius 3 is 2.66 bits per heavy atom. The van der Waals surface area contributed by atoms with Crippen LogP contribution in [0.5, 0.6) is 0 Å². The number of amides is 1. The van der Waals surface area contributed by atoms with E-state index in [1.165, 1.54) is 23.6 Å². The van der Waals surface area contributed by atoms with Crippen molar-refractivity contribution in [2.24, 2.45) is 0 Å². The first-order valence-corrected chi connectivity index (χ1v) is 9.59. The Morgan fingerprint density at radius 1 is 1.28 bits per heavy atom. The Balaban J connectivity index is 1.76. The number of hydrogen-bond acceptors (Lipinski definition) is 7. The Morgan fingerprint density at radius 2 is 2.00 bits per heavy atom. The van der Waals surface area contributed by atoms with Gasteiger partial charge in [-0.3, -0.25) is 19.7 Å². The van der Waals surface area contributed by atoms with Crippen LogP contribution in [-0.4, -0.2) is 32.5 Å². The van der Waals surface area contributed by atoms with E-state index in [1.54, 1.807) is 13.0 Å². The van der Waals surface area contributed by atoms with Gasteiger partial charge in [-0.05, 0) is 51.1 Å². The van der Waals surface area contributed by atoms with Crippen molar-refractivity contribution >= 4 is 34.3 Å². The predicted molar refractivity (Wildman–Crippen MR) is 113 cm³/mol. The van der Waals surface area contributed by atoms with Gasteiger partial charge in [-0.25, -0.2) is 9.78 Å². The van der Waals surface area contributed by atoms with Gasteiger partial charge < -0.3 is 14.6 Å². The van der Waals surface area contributed by atoms with Crippen LogP contribution < -0.4 is 10.9 Å². The average molecular weight is 442 g/mol. The number of aryl methyl sites for hydroxylation is 2. The first-order chi connectivity index (χ1) is 15.1. The fourth-order valence-electron chi connectivity index (χ4n) is 3.07. The number of nitrogens with zero attached hydrogens (tertiary/aromatic N) is 3. The molecule has 1 aromatic heterocycles. The van der Waals surface area contributed by atoms with Crippen molar-refractivity contribution in [2.75, 3.05) is 5.32 Å². The van der Waals surface area contributed by atoms with Crippen LogP contribution in [0.1, 0.15) is 29.9 Å². The number of hydrogen-bond donors (Lipinski definition) is 1. The summed E-state index contributed by atoms with van der Waals surface area (Å²) >= 11 is 0. The van der Waals surface area contributed by atoms with E-state index in [2.05, 4.69) is 10.3 Å². The van der Waals surface area contributed by atoms with Crippen LogP contribution in [0, 0.1) is 22.9 Å². The molecule has 0 aliphatic heterocycles. The van der Waals surface area contributed by atoms with E-state index in [-0.39, 0.29) is 22.5 Å².